The number of hydrazine groups is 1. The Morgan fingerprint density at radius 1 is 1.73 bits per heavy atom. The number of aryl methyl sites for hydroxylation is 1. The molecule has 0 aromatic carbocycles. The summed E-state index contributed by atoms with van der Waals surface area (Å²) in [5, 5.41) is 20.4. The van der Waals surface area contributed by atoms with Gasteiger partial charge in [0.1, 0.15) is 0 Å². The van der Waals surface area contributed by atoms with E-state index < -0.39 is 5.03 Å². The first kappa shape index (κ1) is 7.38. The van der Waals surface area contributed by atoms with Gasteiger partial charge in [0.15, 0.2) is 5.03 Å². The molecular weight excluding hydrogens is 152 g/mol. The van der Waals surface area contributed by atoms with Crippen LogP contribution in [0.3, 0.4) is 0 Å². The molecule has 1 aromatic heterocycles. The molecule has 0 amide bonds. The van der Waals surface area contributed by atoms with Gasteiger partial charge in [0.05, 0.1) is 7.05 Å². The second-order valence-corrected chi connectivity index (χ2v) is 1.86. The van der Waals surface area contributed by atoms with E-state index in [1.807, 2.05) is 0 Å². The van der Waals surface area contributed by atoms with Crippen molar-refractivity contribution in [1.82, 2.24) is 20.2 Å². The van der Waals surface area contributed by atoms with E-state index in [9.17, 15) is 10.1 Å². The zero-order valence-electron chi connectivity index (χ0n) is 6.00. The van der Waals surface area contributed by atoms with Gasteiger partial charge in [0, 0.05) is 7.05 Å². The van der Waals surface area contributed by atoms with E-state index in [1.54, 1.807) is 0 Å². The summed E-state index contributed by atoms with van der Waals surface area (Å²) < 4.78 is 1.21. The average Bonchev–Trinajstić information content (AvgIpc) is 2.33. The van der Waals surface area contributed by atoms with Crippen molar-refractivity contribution in [2.75, 3.05) is 12.1 Å². The summed E-state index contributed by atoms with van der Waals surface area (Å²) in [5.41, 5.74) is 0. The van der Waals surface area contributed by atoms with Gasteiger partial charge in [-0.1, -0.05) is 10.1 Å². The predicted octanol–water partition coefficient (Wildman–Crippen LogP) is -1.16. The molecule has 0 radical (unpaired) electrons. The van der Waals surface area contributed by atoms with Gasteiger partial charge >= 0.3 is 5.95 Å². The minimum atomic E-state index is -0.605. The minimum absolute atomic E-state index is 0.0926. The van der Waals surface area contributed by atoms with Crippen LogP contribution in [0.1, 0.15) is 0 Å². The first-order chi connectivity index (χ1) is 5.13. The summed E-state index contributed by atoms with van der Waals surface area (Å²) in [7, 11) is 2.79. The number of aromatic nitrogens is 4. The number of hydrogen-bond acceptors (Lipinski definition) is 5. The van der Waals surface area contributed by atoms with Gasteiger partial charge in [0.25, 0.3) is 0 Å². The quantitative estimate of drug-likeness (QED) is 0.398. The lowest BCUT2D eigenvalue weighted by molar-refractivity contribution is -0.491. The third kappa shape index (κ3) is 1.23. The van der Waals surface area contributed by atoms with Crippen LogP contribution in [0.25, 0.3) is 0 Å². The number of anilines is 1. The van der Waals surface area contributed by atoms with Crippen molar-refractivity contribution >= 4 is 5.95 Å². The van der Waals surface area contributed by atoms with Crippen molar-refractivity contribution in [1.29, 1.82) is 0 Å². The Kier molecular flexibility index (Phi) is 1.66. The smallest absolute Gasteiger partial charge is 0.234 e. The molecule has 1 rings (SSSR count). The third-order valence-corrected chi connectivity index (χ3v) is 1.13. The first-order valence-electron chi connectivity index (χ1n) is 2.73. The molecule has 0 atom stereocenters. The Balaban J connectivity index is 2.92. The zero-order chi connectivity index (χ0) is 8.43. The topological polar surface area (TPSA) is 90.0 Å². The van der Waals surface area contributed by atoms with Crippen LogP contribution in [0, 0.1) is 10.1 Å². The lowest BCUT2D eigenvalue weighted by Gasteiger charge is -2.03. The van der Waals surface area contributed by atoms with Crippen LogP contribution >= 0.6 is 0 Å². The van der Waals surface area contributed by atoms with Gasteiger partial charge in [0.2, 0.25) is 0 Å². The minimum Gasteiger partial charge on any atom is -0.234 e. The summed E-state index contributed by atoms with van der Waals surface area (Å²) in [6, 6.07) is 0. The summed E-state index contributed by atoms with van der Waals surface area (Å²) in [6.45, 7) is 0. The van der Waals surface area contributed by atoms with E-state index in [0.29, 0.717) is 0 Å². The van der Waals surface area contributed by atoms with Gasteiger partial charge in [-0.25, -0.2) is 14.8 Å². The highest BCUT2D eigenvalue weighted by Crippen LogP contribution is 2.01. The summed E-state index contributed by atoms with van der Waals surface area (Å²) in [6.07, 6.45) is 0. The highest BCUT2D eigenvalue weighted by atomic mass is 16.7. The zero-order valence-corrected chi connectivity index (χ0v) is 6.00. The molecule has 60 valence electrons. The van der Waals surface area contributed by atoms with Gasteiger partial charge in [-0.15, -0.1) is 0 Å². The summed E-state index contributed by atoms with van der Waals surface area (Å²) in [4.78, 5) is 10.2. The van der Waals surface area contributed by atoms with Crippen LogP contribution in [0.5, 0.6) is 0 Å². The van der Waals surface area contributed by atoms with Crippen molar-refractivity contribution < 1.29 is 5.03 Å². The fraction of sp³-hybridized carbons (Fsp3) is 0.667. The number of tetrazole rings is 1. The lowest BCUT2D eigenvalue weighted by Crippen LogP contribution is -2.27. The van der Waals surface area contributed by atoms with Gasteiger partial charge in [-0.05, 0) is 10.4 Å². The molecule has 8 nitrogen and oxygen atoms in total. The van der Waals surface area contributed by atoms with Crippen molar-refractivity contribution in [2.45, 2.75) is 0 Å². The number of nitro groups is 1. The van der Waals surface area contributed by atoms with Crippen molar-refractivity contribution in [2.24, 2.45) is 7.05 Å². The highest BCUT2D eigenvalue weighted by Gasteiger charge is 2.16. The van der Waals surface area contributed by atoms with Gasteiger partial charge in [-0.2, -0.15) is 0 Å². The first-order valence-corrected chi connectivity index (χ1v) is 2.73. The molecule has 0 unspecified atom stereocenters. The third-order valence-electron chi connectivity index (χ3n) is 1.13. The number of hydrogen-bond donors (Lipinski definition) is 0. The molecule has 0 aliphatic rings. The van der Waals surface area contributed by atoms with Gasteiger partial charge in [-0.3, -0.25) is 0 Å². The molecule has 1 aromatic rings. The maximum absolute atomic E-state index is 10.2. The molecule has 1 heterocycles. The molecule has 0 bridgehead atoms. The highest BCUT2D eigenvalue weighted by molar-refractivity contribution is 5.19. The van der Waals surface area contributed by atoms with E-state index in [-0.39, 0.29) is 5.95 Å². The number of rotatable bonds is 2. The molecule has 0 aliphatic heterocycles. The molecule has 0 spiro atoms. The standard InChI is InChI=1S/C3H6N6O2/c1-7-3(4-5-6-7)8(2)9(10)11/h1-2H3. The normalized spacial score (nSPS) is 9.64. The second-order valence-electron chi connectivity index (χ2n) is 1.86. The second kappa shape index (κ2) is 2.48. The van der Waals surface area contributed by atoms with Crippen LogP contribution in [0.2, 0.25) is 0 Å². The summed E-state index contributed by atoms with van der Waals surface area (Å²) in [5.74, 6) is 0.0926. The Hall–Kier alpha value is -1.73. The van der Waals surface area contributed by atoms with E-state index in [2.05, 4.69) is 15.5 Å². The lowest BCUT2D eigenvalue weighted by atomic mass is 10.9. The molecule has 0 N–H and O–H groups in total. The van der Waals surface area contributed by atoms with Crippen molar-refractivity contribution in [3.8, 4) is 0 Å². The average molecular weight is 158 g/mol. The van der Waals surface area contributed by atoms with E-state index in [0.717, 1.165) is 5.01 Å². The maximum atomic E-state index is 10.2. The summed E-state index contributed by atoms with van der Waals surface area (Å²) >= 11 is 0. The van der Waals surface area contributed by atoms with Crippen LogP contribution in [-0.2, 0) is 7.05 Å². The van der Waals surface area contributed by atoms with E-state index >= 15 is 0 Å². The van der Waals surface area contributed by atoms with Crippen molar-refractivity contribution in [3.63, 3.8) is 0 Å². The maximum Gasteiger partial charge on any atom is 0.306 e. The molecule has 8 heteroatoms. The predicted molar refractivity (Wildman–Crippen MR) is 34.2 cm³/mol. The molecule has 0 saturated carbocycles. The fourth-order valence-electron chi connectivity index (χ4n) is 0.572. The Morgan fingerprint density at radius 2 is 2.36 bits per heavy atom. The molecule has 0 fully saturated rings. The van der Waals surface area contributed by atoms with Crippen LogP contribution in [0.15, 0.2) is 0 Å². The van der Waals surface area contributed by atoms with Crippen LogP contribution in [-0.4, -0.2) is 32.3 Å². The Bertz CT molecular complexity index is 269. The molecule has 11 heavy (non-hydrogen) atoms. The van der Waals surface area contributed by atoms with E-state index in [1.165, 1.54) is 18.8 Å². The molecule has 0 aliphatic carbocycles. The van der Waals surface area contributed by atoms with E-state index in [4.69, 9.17) is 0 Å². The van der Waals surface area contributed by atoms with Crippen molar-refractivity contribution in [3.05, 3.63) is 10.1 Å². The van der Waals surface area contributed by atoms with Crippen LogP contribution in [0.4, 0.5) is 5.95 Å². The molecular formula is C3H6N6O2. The van der Waals surface area contributed by atoms with Gasteiger partial charge < -0.3 is 0 Å². The molecule has 0 saturated heterocycles. The SMILES string of the molecule is CN(c1nnnn1C)[N+](=O)[O-]. The Labute approximate surface area is 61.5 Å². The van der Waals surface area contributed by atoms with Crippen LogP contribution < -0.4 is 5.01 Å². The largest absolute Gasteiger partial charge is 0.306 e. The monoisotopic (exact) mass is 158 g/mol. The fourth-order valence-corrected chi connectivity index (χ4v) is 0.572. The Morgan fingerprint density at radius 3 is 2.73 bits per heavy atom. The number of nitrogens with zero attached hydrogens (tertiary/aromatic N) is 6.